The molecular weight excluding hydrogens is 198 g/mol. The Morgan fingerprint density at radius 1 is 1.50 bits per heavy atom. The predicted molar refractivity (Wildman–Crippen MR) is 54.9 cm³/mol. The highest BCUT2D eigenvalue weighted by molar-refractivity contribution is 8.01. The monoisotopic (exact) mass is 207 g/mol. The van der Waals surface area contributed by atoms with Crippen molar-refractivity contribution in [1.29, 1.82) is 0 Å². The number of carbonyl (C=O) groups is 1. The molecule has 0 bridgehead atoms. The van der Waals surface area contributed by atoms with Gasteiger partial charge < -0.3 is 4.74 Å². The Labute approximate surface area is 87.0 Å². The molecule has 4 heteroatoms. The van der Waals surface area contributed by atoms with Crippen LogP contribution in [0.2, 0.25) is 0 Å². The first-order chi connectivity index (χ1) is 6.77. The fourth-order valence-electron chi connectivity index (χ4n) is 0.919. The van der Waals surface area contributed by atoms with Crippen LogP contribution in [-0.2, 0) is 4.74 Å². The molecule has 0 fully saturated rings. The summed E-state index contributed by atoms with van der Waals surface area (Å²) in [6.07, 6.45) is 0. The van der Waals surface area contributed by atoms with Crippen LogP contribution >= 0.6 is 11.9 Å². The van der Waals surface area contributed by atoms with E-state index in [0.29, 0.717) is 12.2 Å². The molecule has 0 aromatic heterocycles. The Hall–Kier alpha value is -1.47. The minimum atomic E-state index is -0.327. The molecule has 1 aromatic carbocycles. The third-order valence-corrected chi connectivity index (χ3v) is 2.09. The van der Waals surface area contributed by atoms with Crippen LogP contribution in [0.25, 0.3) is 4.25 Å². The molecule has 0 aliphatic carbocycles. The number of hydrogen-bond donors (Lipinski definition) is 0. The second kappa shape index (κ2) is 5.30. The van der Waals surface area contributed by atoms with Gasteiger partial charge in [-0.2, -0.15) is 0 Å². The van der Waals surface area contributed by atoms with Gasteiger partial charge in [-0.3, -0.25) is 0 Å². The first kappa shape index (κ1) is 10.6. The lowest BCUT2D eigenvalue weighted by atomic mass is 10.2. The van der Waals surface area contributed by atoms with Gasteiger partial charge in [0.2, 0.25) is 0 Å². The molecule has 3 nitrogen and oxygen atoms in total. The highest BCUT2D eigenvalue weighted by Gasteiger charge is 2.06. The molecule has 72 valence electrons. The van der Waals surface area contributed by atoms with Crippen LogP contribution in [0, 0.1) is 6.57 Å². The average Bonchev–Trinajstić information content (AvgIpc) is 2.20. The molecule has 0 spiro atoms. The summed E-state index contributed by atoms with van der Waals surface area (Å²) in [6, 6.07) is 6.78. The molecule has 0 heterocycles. The molecule has 0 saturated heterocycles. The molecule has 0 radical (unpaired) electrons. The molecule has 1 aromatic rings. The van der Waals surface area contributed by atoms with Gasteiger partial charge in [0.15, 0.2) is 0 Å². The summed E-state index contributed by atoms with van der Waals surface area (Å²) < 4.78 is 7.99. The summed E-state index contributed by atoms with van der Waals surface area (Å²) in [5, 5.41) is 0. The van der Waals surface area contributed by atoms with Crippen molar-refractivity contribution >= 4 is 17.9 Å². The first-order valence-corrected chi connectivity index (χ1v) is 4.86. The smallest absolute Gasteiger partial charge is 0.338 e. The van der Waals surface area contributed by atoms with Crippen LogP contribution in [0.5, 0.6) is 0 Å². The van der Waals surface area contributed by atoms with Crippen molar-refractivity contribution in [3.63, 3.8) is 0 Å². The van der Waals surface area contributed by atoms with Crippen LogP contribution in [0.1, 0.15) is 17.3 Å². The van der Waals surface area contributed by atoms with Crippen molar-refractivity contribution in [3.05, 3.63) is 40.7 Å². The number of benzene rings is 1. The Morgan fingerprint density at radius 2 is 2.14 bits per heavy atom. The molecule has 0 unspecified atom stereocenters. The number of carbonyl (C=O) groups excluding carboxylic acids is 1. The number of nitrogens with zero attached hydrogens (tertiary/aromatic N) is 1. The van der Waals surface area contributed by atoms with Crippen molar-refractivity contribution in [2.75, 3.05) is 6.61 Å². The highest BCUT2D eigenvalue weighted by Crippen LogP contribution is 2.19. The molecule has 0 atom stereocenters. The van der Waals surface area contributed by atoms with Gasteiger partial charge in [0, 0.05) is 0 Å². The third-order valence-electron chi connectivity index (χ3n) is 1.52. The van der Waals surface area contributed by atoms with E-state index in [0.717, 1.165) is 16.8 Å². The zero-order valence-corrected chi connectivity index (χ0v) is 8.50. The zero-order valence-electron chi connectivity index (χ0n) is 7.69. The highest BCUT2D eigenvalue weighted by atomic mass is 32.2. The summed E-state index contributed by atoms with van der Waals surface area (Å²) in [4.78, 5) is 12.1. The SMILES string of the molecule is [C-]#[N+]Sc1ccc(C(=O)OCC)cc1. The number of hydrogen-bond acceptors (Lipinski definition) is 3. The van der Waals surface area contributed by atoms with E-state index in [1.54, 1.807) is 31.2 Å². The molecule has 0 saturated carbocycles. The van der Waals surface area contributed by atoms with E-state index in [9.17, 15) is 4.79 Å². The van der Waals surface area contributed by atoms with Crippen molar-refractivity contribution in [2.45, 2.75) is 11.8 Å². The van der Waals surface area contributed by atoms with Crippen molar-refractivity contribution in [1.82, 2.24) is 0 Å². The molecule has 0 aliphatic heterocycles. The minimum Gasteiger partial charge on any atom is -0.462 e. The van der Waals surface area contributed by atoms with Crippen LogP contribution in [0.3, 0.4) is 0 Å². The summed E-state index contributed by atoms with van der Waals surface area (Å²) in [6.45, 7) is 8.78. The maximum Gasteiger partial charge on any atom is 0.338 e. The number of esters is 1. The standard InChI is InChI=1S/C10H9NO2S/c1-3-13-10(12)8-4-6-9(7-5-8)14-11-2/h4-7H,3H2,1H3. The van der Waals surface area contributed by atoms with Crippen LogP contribution in [0.15, 0.2) is 29.2 Å². The van der Waals surface area contributed by atoms with E-state index >= 15 is 0 Å². The average molecular weight is 207 g/mol. The van der Waals surface area contributed by atoms with Gasteiger partial charge in [0.1, 0.15) is 0 Å². The van der Waals surface area contributed by atoms with Gasteiger partial charge in [-0.25, -0.2) is 15.6 Å². The van der Waals surface area contributed by atoms with Gasteiger partial charge in [-0.1, -0.05) is 0 Å². The van der Waals surface area contributed by atoms with E-state index in [4.69, 9.17) is 11.3 Å². The Balaban J connectivity index is 2.73. The normalized spacial score (nSPS) is 9.14. The number of rotatable bonds is 3. The van der Waals surface area contributed by atoms with Crippen molar-refractivity contribution < 1.29 is 9.53 Å². The van der Waals surface area contributed by atoms with E-state index in [2.05, 4.69) is 4.25 Å². The largest absolute Gasteiger partial charge is 0.462 e. The fourth-order valence-corrected chi connectivity index (χ4v) is 1.28. The topological polar surface area (TPSA) is 30.7 Å². The minimum absolute atomic E-state index is 0.327. The summed E-state index contributed by atoms with van der Waals surface area (Å²) >= 11 is 1.05. The van der Waals surface area contributed by atoms with Crippen LogP contribution in [-0.4, -0.2) is 12.6 Å². The summed E-state index contributed by atoms with van der Waals surface area (Å²) in [5.41, 5.74) is 0.515. The summed E-state index contributed by atoms with van der Waals surface area (Å²) in [7, 11) is 0. The van der Waals surface area contributed by atoms with E-state index in [-0.39, 0.29) is 5.97 Å². The lowest BCUT2D eigenvalue weighted by molar-refractivity contribution is 0.0526. The second-order valence-corrected chi connectivity index (χ2v) is 3.26. The first-order valence-electron chi connectivity index (χ1n) is 4.09. The second-order valence-electron chi connectivity index (χ2n) is 2.43. The van der Waals surface area contributed by atoms with E-state index in [1.807, 2.05) is 0 Å². The molecule has 14 heavy (non-hydrogen) atoms. The van der Waals surface area contributed by atoms with Gasteiger partial charge in [-0.05, 0) is 31.2 Å². The molecule has 1 rings (SSSR count). The Morgan fingerprint density at radius 3 is 2.64 bits per heavy atom. The van der Waals surface area contributed by atoms with Gasteiger partial charge >= 0.3 is 5.97 Å². The van der Waals surface area contributed by atoms with Gasteiger partial charge in [0.05, 0.1) is 17.1 Å². The lowest BCUT2D eigenvalue weighted by Gasteiger charge is -2.00. The van der Waals surface area contributed by atoms with Crippen LogP contribution in [0.4, 0.5) is 0 Å². The Kier molecular flexibility index (Phi) is 4.02. The zero-order chi connectivity index (χ0) is 10.4. The van der Waals surface area contributed by atoms with Crippen LogP contribution < -0.4 is 0 Å². The molecule has 0 aliphatic rings. The quantitative estimate of drug-likeness (QED) is 0.434. The molecular formula is C10H9NO2S. The Bertz CT molecular complexity index is 353. The third kappa shape index (κ3) is 2.79. The van der Waals surface area contributed by atoms with Gasteiger partial charge in [-0.15, -0.1) is 0 Å². The van der Waals surface area contributed by atoms with E-state index < -0.39 is 0 Å². The van der Waals surface area contributed by atoms with Gasteiger partial charge in [0.25, 0.3) is 11.9 Å². The summed E-state index contributed by atoms with van der Waals surface area (Å²) in [5.74, 6) is -0.327. The predicted octanol–water partition coefficient (Wildman–Crippen LogP) is 2.79. The maximum atomic E-state index is 11.2. The van der Waals surface area contributed by atoms with E-state index in [1.165, 1.54) is 0 Å². The maximum absolute atomic E-state index is 11.2. The lowest BCUT2D eigenvalue weighted by Crippen LogP contribution is -2.03. The number of ether oxygens (including phenoxy) is 1. The molecule has 0 N–H and O–H groups in total. The van der Waals surface area contributed by atoms with Crippen molar-refractivity contribution in [3.8, 4) is 0 Å². The fraction of sp³-hybridized carbons (Fsp3) is 0.200. The molecule has 0 amide bonds. The van der Waals surface area contributed by atoms with Crippen molar-refractivity contribution in [2.24, 2.45) is 0 Å².